The van der Waals surface area contributed by atoms with Crippen molar-refractivity contribution < 1.29 is 9.32 Å². The molecule has 0 radical (unpaired) electrons. The summed E-state index contributed by atoms with van der Waals surface area (Å²) in [5.74, 6) is 0.743. The molecule has 1 amide bonds. The van der Waals surface area contributed by atoms with Crippen LogP contribution >= 0.6 is 0 Å². The molecule has 0 saturated carbocycles. The summed E-state index contributed by atoms with van der Waals surface area (Å²) in [5, 5.41) is 3.94. The van der Waals surface area contributed by atoms with Crippen molar-refractivity contribution in [3.05, 3.63) is 17.0 Å². The molecule has 19 heavy (non-hydrogen) atoms. The Morgan fingerprint density at radius 1 is 1.42 bits per heavy atom. The molecule has 0 N–H and O–H groups in total. The van der Waals surface area contributed by atoms with Crippen LogP contribution < -0.4 is 0 Å². The minimum absolute atomic E-state index is 0.176. The van der Waals surface area contributed by atoms with Crippen LogP contribution in [0.15, 0.2) is 4.52 Å². The van der Waals surface area contributed by atoms with Gasteiger partial charge >= 0.3 is 0 Å². The summed E-state index contributed by atoms with van der Waals surface area (Å²) in [4.78, 5) is 16.9. The van der Waals surface area contributed by atoms with E-state index in [-0.39, 0.29) is 17.9 Å². The zero-order valence-electron chi connectivity index (χ0n) is 12.4. The Hall–Kier alpha value is -1.36. The molecule has 2 heterocycles. The van der Waals surface area contributed by atoms with Crippen LogP contribution in [-0.2, 0) is 4.79 Å². The SMILES string of the molecule is Cc1noc(C)c1C(C)C(=O)N1CCN(C)CC1C. The van der Waals surface area contributed by atoms with Crippen LogP contribution in [-0.4, -0.2) is 53.6 Å². The minimum atomic E-state index is -0.183. The first-order valence-electron chi connectivity index (χ1n) is 6.83. The number of hydrogen-bond donors (Lipinski definition) is 0. The van der Waals surface area contributed by atoms with E-state index in [1.165, 1.54) is 0 Å². The van der Waals surface area contributed by atoms with Crippen molar-refractivity contribution in [3.63, 3.8) is 0 Å². The first-order chi connectivity index (χ1) is 8.91. The Balaban J connectivity index is 2.16. The molecule has 0 aliphatic carbocycles. The van der Waals surface area contributed by atoms with Gasteiger partial charge in [-0.15, -0.1) is 0 Å². The van der Waals surface area contributed by atoms with E-state index in [0.29, 0.717) is 0 Å². The third-order valence-corrected chi connectivity index (χ3v) is 4.01. The number of nitrogens with zero attached hydrogens (tertiary/aromatic N) is 3. The van der Waals surface area contributed by atoms with Gasteiger partial charge in [-0.25, -0.2) is 0 Å². The van der Waals surface area contributed by atoms with Crippen molar-refractivity contribution in [2.75, 3.05) is 26.7 Å². The number of carbonyl (C=O) groups is 1. The number of likely N-dealkylation sites (N-methyl/N-ethyl adjacent to an activating group) is 1. The lowest BCUT2D eigenvalue weighted by Gasteiger charge is -2.39. The lowest BCUT2D eigenvalue weighted by Crippen LogP contribution is -2.53. The number of rotatable bonds is 2. The van der Waals surface area contributed by atoms with Gasteiger partial charge < -0.3 is 14.3 Å². The Bertz CT molecular complexity index is 450. The molecule has 2 unspecified atom stereocenters. The first-order valence-corrected chi connectivity index (χ1v) is 6.83. The van der Waals surface area contributed by atoms with Crippen molar-refractivity contribution in [2.24, 2.45) is 0 Å². The Kier molecular flexibility index (Phi) is 3.94. The molecule has 1 saturated heterocycles. The molecule has 0 bridgehead atoms. The fourth-order valence-electron chi connectivity index (χ4n) is 2.95. The summed E-state index contributed by atoms with van der Waals surface area (Å²) in [6.07, 6.45) is 0. The number of aryl methyl sites for hydroxylation is 2. The normalized spacial score (nSPS) is 22.6. The number of hydrogen-bond acceptors (Lipinski definition) is 4. The molecule has 1 aromatic heterocycles. The van der Waals surface area contributed by atoms with Crippen molar-refractivity contribution in [1.82, 2.24) is 15.0 Å². The van der Waals surface area contributed by atoms with Gasteiger partial charge in [-0.2, -0.15) is 0 Å². The first kappa shape index (κ1) is 14.1. The molecular formula is C14H23N3O2. The van der Waals surface area contributed by atoms with Crippen molar-refractivity contribution in [1.29, 1.82) is 0 Å². The second kappa shape index (κ2) is 5.33. The molecular weight excluding hydrogens is 242 g/mol. The second-order valence-corrected chi connectivity index (χ2v) is 5.60. The van der Waals surface area contributed by atoms with Crippen molar-refractivity contribution >= 4 is 5.91 Å². The number of piperazine rings is 1. The van der Waals surface area contributed by atoms with E-state index < -0.39 is 0 Å². The molecule has 2 atom stereocenters. The maximum atomic E-state index is 12.7. The highest BCUT2D eigenvalue weighted by Crippen LogP contribution is 2.26. The van der Waals surface area contributed by atoms with Crippen LogP contribution in [0.3, 0.4) is 0 Å². The van der Waals surface area contributed by atoms with Gasteiger partial charge in [0.1, 0.15) is 5.76 Å². The van der Waals surface area contributed by atoms with Gasteiger partial charge in [-0.1, -0.05) is 5.16 Å². The van der Waals surface area contributed by atoms with Gasteiger partial charge in [-0.3, -0.25) is 4.79 Å². The van der Waals surface area contributed by atoms with Crippen LogP contribution in [0.4, 0.5) is 0 Å². The molecule has 0 aromatic carbocycles. The zero-order valence-corrected chi connectivity index (χ0v) is 12.4. The van der Waals surface area contributed by atoms with Gasteiger partial charge in [0, 0.05) is 31.2 Å². The van der Waals surface area contributed by atoms with E-state index in [1.807, 2.05) is 25.7 Å². The number of aromatic nitrogens is 1. The summed E-state index contributed by atoms with van der Waals surface area (Å²) in [6.45, 7) is 10.5. The Morgan fingerprint density at radius 2 is 2.11 bits per heavy atom. The predicted molar refractivity (Wildman–Crippen MR) is 73.1 cm³/mol. The molecule has 1 aliphatic rings. The average molecular weight is 265 g/mol. The van der Waals surface area contributed by atoms with E-state index in [4.69, 9.17) is 4.52 Å². The topological polar surface area (TPSA) is 49.6 Å². The van der Waals surface area contributed by atoms with Gasteiger partial charge in [0.2, 0.25) is 5.91 Å². The van der Waals surface area contributed by atoms with E-state index in [1.54, 1.807) is 0 Å². The van der Waals surface area contributed by atoms with E-state index in [0.717, 1.165) is 36.7 Å². The van der Waals surface area contributed by atoms with Gasteiger partial charge in [0.05, 0.1) is 11.6 Å². The van der Waals surface area contributed by atoms with Gasteiger partial charge in [0.25, 0.3) is 0 Å². The largest absolute Gasteiger partial charge is 0.361 e. The third-order valence-electron chi connectivity index (χ3n) is 4.01. The Morgan fingerprint density at radius 3 is 2.63 bits per heavy atom. The summed E-state index contributed by atoms with van der Waals surface area (Å²) >= 11 is 0. The standard InChI is InChI=1S/C14H23N3O2/c1-9-8-16(5)6-7-17(9)14(18)10(2)13-11(3)15-19-12(13)4/h9-10H,6-8H2,1-5H3. The molecule has 1 fully saturated rings. The lowest BCUT2D eigenvalue weighted by molar-refractivity contribution is -0.136. The molecule has 1 aliphatic heterocycles. The molecule has 5 nitrogen and oxygen atoms in total. The highest BCUT2D eigenvalue weighted by molar-refractivity contribution is 5.84. The maximum absolute atomic E-state index is 12.7. The lowest BCUT2D eigenvalue weighted by atomic mass is 9.97. The summed E-state index contributed by atoms with van der Waals surface area (Å²) in [6, 6.07) is 0.258. The zero-order chi connectivity index (χ0) is 14.2. The maximum Gasteiger partial charge on any atom is 0.230 e. The smallest absolute Gasteiger partial charge is 0.230 e. The molecule has 2 rings (SSSR count). The fourth-order valence-corrected chi connectivity index (χ4v) is 2.95. The van der Waals surface area contributed by atoms with E-state index >= 15 is 0 Å². The van der Waals surface area contributed by atoms with Crippen LogP contribution in [0.1, 0.15) is 36.8 Å². The molecule has 0 spiro atoms. The van der Waals surface area contributed by atoms with Crippen LogP contribution in [0, 0.1) is 13.8 Å². The van der Waals surface area contributed by atoms with E-state index in [2.05, 4.69) is 24.0 Å². The quantitative estimate of drug-likeness (QED) is 0.814. The van der Waals surface area contributed by atoms with Crippen molar-refractivity contribution in [2.45, 2.75) is 39.7 Å². The predicted octanol–water partition coefficient (Wildman–Crippen LogP) is 1.56. The number of amides is 1. The summed E-state index contributed by atoms with van der Waals surface area (Å²) in [7, 11) is 2.09. The van der Waals surface area contributed by atoms with Crippen LogP contribution in [0.2, 0.25) is 0 Å². The third kappa shape index (κ3) is 2.66. The average Bonchev–Trinajstić information content (AvgIpc) is 2.67. The number of carbonyl (C=O) groups excluding carboxylic acids is 1. The summed E-state index contributed by atoms with van der Waals surface area (Å²) in [5.41, 5.74) is 1.76. The summed E-state index contributed by atoms with van der Waals surface area (Å²) < 4.78 is 5.17. The fraction of sp³-hybridized carbons (Fsp3) is 0.714. The van der Waals surface area contributed by atoms with Crippen molar-refractivity contribution in [3.8, 4) is 0 Å². The Labute approximate surface area is 114 Å². The highest BCUT2D eigenvalue weighted by Gasteiger charge is 2.31. The van der Waals surface area contributed by atoms with Crippen LogP contribution in [0.25, 0.3) is 0 Å². The molecule has 106 valence electrons. The minimum Gasteiger partial charge on any atom is -0.361 e. The van der Waals surface area contributed by atoms with Crippen LogP contribution in [0.5, 0.6) is 0 Å². The highest BCUT2D eigenvalue weighted by atomic mass is 16.5. The second-order valence-electron chi connectivity index (χ2n) is 5.60. The molecule has 1 aromatic rings. The molecule has 5 heteroatoms. The van der Waals surface area contributed by atoms with Gasteiger partial charge in [0.15, 0.2) is 0 Å². The monoisotopic (exact) mass is 265 g/mol. The van der Waals surface area contributed by atoms with Gasteiger partial charge in [-0.05, 0) is 34.7 Å². The van der Waals surface area contributed by atoms with E-state index in [9.17, 15) is 4.79 Å².